The van der Waals surface area contributed by atoms with Crippen molar-refractivity contribution in [1.82, 2.24) is 5.32 Å². The molecule has 0 unspecified atom stereocenters. The van der Waals surface area contributed by atoms with Crippen LogP contribution in [-0.2, 0) is 6.54 Å². The summed E-state index contributed by atoms with van der Waals surface area (Å²) in [6.45, 7) is 4.64. The molecule has 0 heterocycles. The Morgan fingerprint density at radius 1 is 1.14 bits per heavy atom. The molecule has 2 rings (SSSR count). The van der Waals surface area contributed by atoms with Gasteiger partial charge in [0.25, 0.3) is 0 Å². The van der Waals surface area contributed by atoms with E-state index in [4.69, 9.17) is 4.74 Å². The molecule has 21 heavy (non-hydrogen) atoms. The standard InChI is InChI=1S/C17H20FNOS/c1-12(2)19-11-15-16(18)5-4-6-17(15)21-14-9-7-13(20-3)8-10-14/h4-10,12,19H,11H2,1-3H3. The fourth-order valence-electron chi connectivity index (χ4n) is 1.88. The molecule has 0 atom stereocenters. The van der Waals surface area contributed by atoms with Gasteiger partial charge in [0.1, 0.15) is 11.6 Å². The van der Waals surface area contributed by atoms with Gasteiger partial charge in [0, 0.05) is 27.9 Å². The lowest BCUT2D eigenvalue weighted by molar-refractivity contribution is 0.414. The van der Waals surface area contributed by atoms with Crippen LogP contribution in [0.1, 0.15) is 19.4 Å². The summed E-state index contributed by atoms with van der Waals surface area (Å²) in [7, 11) is 1.64. The molecule has 0 aromatic heterocycles. The number of hydrogen-bond donors (Lipinski definition) is 1. The normalized spacial score (nSPS) is 10.9. The smallest absolute Gasteiger partial charge is 0.128 e. The first kappa shape index (κ1) is 15.9. The van der Waals surface area contributed by atoms with E-state index in [0.29, 0.717) is 18.2 Å². The van der Waals surface area contributed by atoms with Gasteiger partial charge in [0.15, 0.2) is 0 Å². The number of methoxy groups -OCH3 is 1. The number of rotatable bonds is 6. The molecule has 0 aliphatic carbocycles. The summed E-state index contributed by atoms with van der Waals surface area (Å²) in [5.74, 6) is 0.655. The van der Waals surface area contributed by atoms with E-state index in [1.54, 1.807) is 24.9 Å². The van der Waals surface area contributed by atoms with E-state index < -0.39 is 0 Å². The molecule has 2 aromatic rings. The molecule has 0 fully saturated rings. The van der Waals surface area contributed by atoms with Crippen molar-refractivity contribution >= 4 is 11.8 Å². The quantitative estimate of drug-likeness (QED) is 0.850. The molecule has 2 aromatic carbocycles. The average Bonchev–Trinajstić information content (AvgIpc) is 2.47. The summed E-state index contributed by atoms with van der Waals surface area (Å²) >= 11 is 1.56. The third kappa shape index (κ3) is 4.48. The number of ether oxygens (including phenoxy) is 1. The monoisotopic (exact) mass is 305 g/mol. The van der Waals surface area contributed by atoms with E-state index in [0.717, 1.165) is 15.5 Å². The van der Waals surface area contributed by atoms with Gasteiger partial charge in [0.2, 0.25) is 0 Å². The lowest BCUT2D eigenvalue weighted by Crippen LogP contribution is -2.22. The minimum Gasteiger partial charge on any atom is -0.497 e. The van der Waals surface area contributed by atoms with Crippen LogP contribution in [0.2, 0.25) is 0 Å². The van der Waals surface area contributed by atoms with Gasteiger partial charge in [-0.1, -0.05) is 31.7 Å². The molecule has 0 aliphatic rings. The molecular weight excluding hydrogens is 285 g/mol. The minimum absolute atomic E-state index is 0.165. The molecule has 112 valence electrons. The van der Waals surface area contributed by atoms with E-state index in [1.807, 2.05) is 30.3 Å². The van der Waals surface area contributed by atoms with E-state index in [2.05, 4.69) is 19.2 Å². The second kappa shape index (κ2) is 7.48. The van der Waals surface area contributed by atoms with Crippen LogP contribution in [0.5, 0.6) is 5.75 Å². The van der Waals surface area contributed by atoms with Crippen molar-refractivity contribution in [2.75, 3.05) is 7.11 Å². The van der Waals surface area contributed by atoms with Gasteiger partial charge in [-0.05, 0) is 36.4 Å². The molecule has 0 aliphatic heterocycles. The minimum atomic E-state index is -0.165. The third-order valence-corrected chi connectivity index (χ3v) is 4.16. The second-order valence-electron chi connectivity index (χ2n) is 5.03. The van der Waals surface area contributed by atoms with Crippen LogP contribution in [0.4, 0.5) is 4.39 Å². The van der Waals surface area contributed by atoms with E-state index in [9.17, 15) is 4.39 Å². The fraction of sp³-hybridized carbons (Fsp3) is 0.294. The third-order valence-electron chi connectivity index (χ3n) is 3.05. The summed E-state index contributed by atoms with van der Waals surface area (Å²) in [6.07, 6.45) is 0. The molecule has 0 bridgehead atoms. The summed E-state index contributed by atoms with van der Waals surface area (Å²) in [4.78, 5) is 2.00. The van der Waals surface area contributed by atoms with Crippen molar-refractivity contribution in [1.29, 1.82) is 0 Å². The van der Waals surface area contributed by atoms with Crippen LogP contribution in [0.25, 0.3) is 0 Å². The first-order chi connectivity index (χ1) is 10.1. The maximum absolute atomic E-state index is 14.0. The zero-order valence-corrected chi connectivity index (χ0v) is 13.3. The maximum atomic E-state index is 14.0. The Bertz CT molecular complexity index is 584. The van der Waals surface area contributed by atoms with Gasteiger partial charge < -0.3 is 10.1 Å². The molecule has 2 nitrogen and oxygen atoms in total. The Hall–Kier alpha value is -1.52. The Kier molecular flexibility index (Phi) is 5.65. The Morgan fingerprint density at radius 3 is 2.48 bits per heavy atom. The summed E-state index contributed by atoms with van der Waals surface area (Å²) in [6, 6.07) is 13.3. The zero-order chi connectivity index (χ0) is 15.2. The predicted molar refractivity (Wildman–Crippen MR) is 85.5 cm³/mol. The molecule has 0 spiro atoms. The van der Waals surface area contributed by atoms with Crippen molar-refractivity contribution in [3.63, 3.8) is 0 Å². The lowest BCUT2D eigenvalue weighted by Gasteiger charge is -2.13. The molecular formula is C17H20FNOS. The van der Waals surface area contributed by atoms with Crippen LogP contribution in [0.3, 0.4) is 0 Å². The first-order valence-electron chi connectivity index (χ1n) is 6.93. The van der Waals surface area contributed by atoms with Gasteiger partial charge in [-0.3, -0.25) is 0 Å². The topological polar surface area (TPSA) is 21.3 Å². The molecule has 0 saturated carbocycles. The van der Waals surface area contributed by atoms with Crippen molar-refractivity contribution in [3.8, 4) is 5.75 Å². The highest BCUT2D eigenvalue weighted by Crippen LogP contribution is 2.32. The molecule has 4 heteroatoms. The van der Waals surface area contributed by atoms with Crippen LogP contribution in [0, 0.1) is 5.82 Å². The largest absolute Gasteiger partial charge is 0.497 e. The van der Waals surface area contributed by atoms with Crippen LogP contribution in [-0.4, -0.2) is 13.2 Å². The van der Waals surface area contributed by atoms with Crippen molar-refractivity contribution in [2.24, 2.45) is 0 Å². The number of benzene rings is 2. The van der Waals surface area contributed by atoms with Crippen molar-refractivity contribution in [2.45, 2.75) is 36.2 Å². The molecule has 0 radical (unpaired) electrons. The highest BCUT2D eigenvalue weighted by Gasteiger charge is 2.10. The van der Waals surface area contributed by atoms with E-state index >= 15 is 0 Å². The first-order valence-corrected chi connectivity index (χ1v) is 7.74. The SMILES string of the molecule is COc1ccc(Sc2cccc(F)c2CNC(C)C)cc1. The van der Waals surface area contributed by atoms with Gasteiger partial charge in [-0.25, -0.2) is 4.39 Å². The van der Waals surface area contributed by atoms with Gasteiger partial charge in [-0.15, -0.1) is 0 Å². The average molecular weight is 305 g/mol. The molecule has 0 saturated heterocycles. The van der Waals surface area contributed by atoms with Gasteiger partial charge >= 0.3 is 0 Å². The summed E-state index contributed by atoms with van der Waals surface area (Å²) in [5, 5.41) is 3.27. The number of hydrogen-bond acceptors (Lipinski definition) is 3. The molecule has 1 N–H and O–H groups in total. The predicted octanol–water partition coefficient (Wildman–Crippen LogP) is 4.48. The number of nitrogens with one attached hydrogen (secondary N) is 1. The van der Waals surface area contributed by atoms with Gasteiger partial charge in [0.05, 0.1) is 7.11 Å². The van der Waals surface area contributed by atoms with Crippen molar-refractivity contribution < 1.29 is 9.13 Å². The number of halogens is 1. The summed E-state index contributed by atoms with van der Waals surface area (Å²) < 4.78 is 19.2. The van der Waals surface area contributed by atoms with Crippen LogP contribution >= 0.6 is 11.8 Å². The maximum Gasteiger partial charge on any atom is 0.128 e. The van der Waals surface area contributed by atoms with Crippen LogP contribution < -0.4 is 10.1 Å². The van der Waals surface area contributed by atoms with Crippen LogP contribution in [0.15, 0.2) is 52.3 Å². The molecule has 0 amide bonds. The second-order valence-corrected chi connectivity index (χ2v) is 6.15. The lowest BCUT2D eigenvalue weighted by atomic mass is 10.2. The fourth-order valence-corrected chi connectivity index (χ4v) is 2.85. The Labute approximate surface area is 129 Å². The van der Waals surface area contributed by atoms with E-state index in [1.165, 1.54) is 6.07 Å². The highest BCUT2D eigenvalue weighted by atomic mass is 32.2. The zero-order valence-electron chi connectivity index (χ0n) is 12.5. The van der Waals surface area contributed by atoms with E-state index in [-0.39, 0.29) is 5.82 Å². The summed E-state index contributed by atoms with van der Waals surface area (Å²) in [5.41, 5.74) is 0.715. The highest BCUT2D eigenvalue weighted by molar-refractivity contribution is 7.99. The Morgan fingerprint density at radius 2 is 1.86 bits per heavy atom. The Balaban J connectivity index is 2.19. The van der Waals surface area contributed by atoms with Gasteiger partial charge in [-0.2, -0.15) is 0 Å². The van der Waals surface area contributed by atoms with Crippen molar-refractivity contribution in [3.05, 3.63) is 53.8 Å².